The Bertz CT molecular complexity index is 192. The summed E-state index contributed by atoms with van der Waals surface area (Å²) in [5, 5.41) is 0. The van der Waals surface area contributed by atoms with Crippen LogP contribution in [0, 0.1) is 0 Å². The molecule has 0 saturated carbocycles. The second kappa shape index (κ2) is 19.0. The van der Waals surface area contributed by atoms with Gasteiger partial charge in [0.15, 0.2) is 6.35 Å². The zero-order chi connectivity index (χ0) is 16.5. The topological polar surface area (TPSA) is 9.23 Å². The summed E-state index contributed by atoms with van der Waals surface area (Å²) in [6, 6.07) is 0. The number of methoxy groups -OCH3 is 1. The molecule has 0 amide bonds. The molecule has 0 N–H and O–H groups in total. The second-order valence-corrected chi connectivity index (χ2v) is 11.4. The fourth-order valence-electron chi connectivity index (χ4n) is 3.42. The second-order valence-electron chi connectivity index (χ2n) is 7.11. The minimum absolute atomic E-state index is 0. The van der Waals surface area contributed by atoms with Gasteiger partial charge in [0.05, 0.1) is 18.5 Å². The Kier molecular flexibility index (Phi) is 21.4. The van der Waals surface area contributed by atoms with E-state index in [4.69, 9.17) is 4.74 Å². The van der Waals surface area contributed by atoms with Gasteiger partial charge < -0.3 is 17.1 Å². The van der Waals surface area contributed by atoms with Crippen molar-refractivity contribution < 1.29 is 17.1 Å². The highest BCUT2D eigenvalue weighted by Gasteiger charge is 2.35. The molecule has 0 heterocycles. The molecule has 3 heteroatoms. The SMILES string of the molecule is CCCCCC[P+](CCCCCC)(CCCCCC)COC.[Cl-]. The van der Waals surface area contributed by atoms with Crippen molar-refractivity contribution in [2.45, 2.75) is 97.8 Å². The third kappa shape index (κ3) is 14.7. The van der Waals surface area contributed by atoms with Crippen molar-refractivity contribution in [1.82, 2.24) is 0 Å². The van der Waals surface area contributed by atoms with Gasteiger partial charge in [0.1, 0.15) is 0 Å². The molecule has 0 unspecified atom stereocenters. The van der Waals surface area contributed by atoms with Gasteiger partial charge in [0.2, 0.25) is 0 Å². The first kappa shape index (κ1) is 25.9. The van der Waals surface area contributed by atoms with E-state index in [1.54, 1.807) is 0 Å². The quantitative estimate of drug-likeness (QED) is 0.274. The van der Waals surface area contributed by atoms with E-state index in [-0.39, 0.29) is 12.4 Å². The summed E-state index contributed by atoms with van der Waals surface area (Å²) >= 11 is 0. The van der Waals surface area contributed by atoms with Crippen LogP contribution in [0.1, 0.15) is 97.8 Å². The average molecular weight is 367 g/mol. The van der Waals surface area contributed by atoms with Gasteiger partial charge in [-0.1, -0.05) is 59.3 Å². The summed E-state index contributed by atoms with van der Waals surface area (Å²) in [6.07, 6.45) is 22.5. The molecule has 0 rings (SSSR count). The summed E-state index contributed by atoms with van der Waals surface area (Å²) in [5.41, 5.74) is 0. The Morgan fingerprint density at radius 3 is 1.17 bits per heavy atom. The molecule has 0 aromatic rings. The van der Waals surface area contributed by atoms with Crippen LogP contribution in [-0.2, 0) is 4.74 Å². The molecule has 0 aromatic heterocycles. The van der Waals surface area contributed by atoms with Gasteiger partial charge in [-0.05, 0) is 38.5 Å². The fraction of sp³-hybridized carbons (Fsp3) is 1.00. The van der Waals surface area contributed by atoms with Crippen LogP contribution in [0.25, 0.3) is 0 Å². The van der Waals surface area contributed by atoms with E-state index in [1.165, 1.54) is 95.5 Å². The Morgan fingerprint density at radius 1 is 0.565 bits per heavy atom. The van der Waals surface area contributed by atoms with Crippen molar-refractivity contribution in [3.63, 3.8) is 0 Å². The van der Waals surface area contributed by atoms with E-state index >= 15 is 0 Å². The average Bonchev–Trinajstić information content (AvgIpc) is 2.53. The van der Waals surface area contributed by atoms with Crippen molar-refractivity contribution in [2.75, 3.05) is 31.9 Å². The van der Waals surface area contributed by atoms with Crippen LogP contribution in [-0.4, -0.2) is 31.9 Å². The maximum atomic E-state index is 5.73. The number of ether oxygens (including phenoxy) is 1. The number of unbranched alkanes of at least 4 members (excludes halogenated alkanes) is 9. The van der Waals surface area contributed by atoms with E-state index < -0.39 is 7.26 Å². The Hall–Kier alpha value is 0.680. The molecule has 0 spiro atoms. The van der Waals surface area contributed by atoms with Gasteiger partial charge in [-0.3, -0.25) is 0 Å². The number of halogens is 1. The van der Waals surface area contributed by atoms with Crippen LogP contribution in [0.5, 0.6) is 0 Å². The Morgan fingerprint density at radius 2 is 0.913 bits per heavy atom. The third-order valence-corrected chi connectivity index (χ3v) is 9.46. The van der Waals surface area contributed by atoms with Crippen LogP contribution in [0.3, 0.4) is 0 Å². The van der Waals surface area contributed by atoms with Gasteiger partial charge in [-0.25, -0.2) is 0 Å². The summed E-state index contributed by atoms with van der Waals surface area (Å²) in [6.45, 7) is 6.94. The molecular formula is C20H44ClOP. The minimum atomic E-state index is -0.839. The van der Waals surface area contributed by atoms with E-state index in [1.807, 2.05) is 7.11 Å². The highest BCUT2D eigenvalue weighted by Crippen LogP contribution is 2.60. The molecule has 0 fully saturated rings. The fourth-order valence-corrected chi connectivity index (χ4v) is 7.71. The predicted molar refractivity (Wildman–Crippen MR) is 106 cm³/mol. The van der Waals surface area contributed by atoms with E-state index in [2.05, 4.69) is 20.8 Å². The number of hydrogen-bond acceptors (Lipinski definition) is 1. The van der Waals surface area contributed by atoms with Crippen molar-refractivity contribution in [2.24, 2.45) is 0 Å². The van der Waals surface area contributed by atoms with E-state index in [9.17, 15) is 0 Å². The minimum Gasteiger partial charge on any atom is -1.00 e. The van der Waals surface area contributed by atoms with Crippen LogP contribution in [0.2, 0.25) is 0 Å². The zero-order valence-electron chi connectivity index (χ0n) is 16.5. The van der Waals surface area contributed by atoms with Gasteiger partial charge in [0, 0.05) is 14.4 Å². The molecule has 1 nitrogen and oxygen atoms in total. The van der Waals surface area contributed by atoms with E-state index in [0.717, 1.165) is 6.35 Å². The van der Waals surface area contributed by atoms with Crippen molar-refractivity contribution in [3.05, 3.63) is 0 Å². The van der Waals surface area contributed by atoms with Crippen LogP contribution in [0.4, 0.5) is 0 Å². The maximum absolute atomic E-state index is 5.73. The van der Waals surface area contributed by atoms with E-state index in [0.29, 0.717) is 0 Å². The first-order chi connectivity index (χ1) is 10.7. The first-order valence-electron chi connectivity index (χ1n) is 10.1. The third-order valence-electron chi connectivity index (χ3n) is 4.86. The lowest BCUT2D eigenvalue weighted by molar-refractivity contribution is -0.00000528. The molecule has 142 valence electrons. The van der Waals surface area contributed by atoms with Crippen LogP contribution >= 0.6 is 7.26 Å². The van der Waals surface area contributed by atoms with Crippen LogP contribution in [0.15, 0.2) is 0 Å². The highest BCUT2D eigenvalue weighted by atomic mass is 35.5. The predicted octanol–water partition coefficient (Wildman–Crippen LogP) is 4.35. The van der Waals surface area contributed by atoms with Gasteiger partial charge in [-0.2, -0.15) is 0 Å². The first-order valence-corrected chi connectivity index (χ1v) is 12.6. The molecule has 0 aromatic carbocycles. The Balaban J connectivity index is 0. The molecular weight excluding hydrogens is 323 g/mol. The van der Waals surface area contributed by atoms with Crippen molar-refractivity contribution >= 4 is 7.26 Å². The monoisotopic (exact) mass is 366 g/mol. The summed E-state index contributed by atoms with van der Waals surface area (Å²) in [4.78, 5) is 0. The molecule has 0 bridgehead atoms. The van der Waals surface area contributed by atoms with Crippen LogP contribution < -0.4 is 12.4 Å². The molecule has 0 radical (unpaired) electrons. The molecule has 23 heavy (non-hydrogen) atoms. The molecule has 0 saturated heterocycles. The number of rotatable bonds is 17. The standard InChI is InChI=1S/C20H44OP.ClH/c1-5-8-11-14-17-22(20-21-4,18-15-12-9-6-2)19-16-13-10-7-3;/h5-20H2,1-4H3;1H/q+1;/p-1. The normalized spacial score (nSPS) is 11.5. The maximum Gasteiger partial charge on any atom is 0.156 e. The van der Waals surface area contributed by atoms with Gasteiger partial charge in [-0.15, -0.1) is 0 Å². The lowest BCUT2D eigenvalue weighted by atomic mass is 10.2. The highest BCUT2D eigenvalue weighted by molar-refractivity contribution is 7.75. The van der Waals surface area contributed by atoms with Crippen molar-refractivity contribution in [3.8, 4) is 0 Å². The van der Waals surface area contributed by atoms with Gasteiger partial charge in [0.25, 0.3) is 0 Å². The molecule has 0 aliphatic rings. The molecule has 0 aliphatic carbocycles. The number of hydrogen-bond donors (Lipinski definition) is 0. The lowest BCUT2D eigenvalue weighted by Crippen LogP contribution is -3.00. The molecule has 0 atom stereocenters. The lowest BCUT2D eigenvalue weighted by Gasteiger charge is -2.27. The summed E-state index contributed by atoms with van der Waals surface area (Å²) in [5.74, 6) is 0. The van der Waals surface area contributed by atoms with Crippen molar-refractivity contribution in [1.29, 1.82) is 0 Å². The zero-order valence-corrected chi connectivity index (χ0v) is 18.2. The van der Waals surface area contributed by atoms with Gasteiger partial charge >= 0.3 is 0 Å². The Labute approximate surface area is 154 Å². The summed E-state index contributed by atoms with van der Waals surface area (Å²) < 4.78 is 5.73. The summed E-state index contributed by atoms with van der Waals surface area (Å²) in [7, 11) is 1.09. The smallest absolute Gasteiger partial charge is 0.156 e. The largest absolute Gasteiger partial charge is 1.00 e. The molecule has 0 aliphatic heterocycles.